The second kappa shape index (κ2) is 13.6. The van der Waals surface area contributed by atoms with E-state index in [0.717, 1.165) is 31.5 Å². The highest BCUT2D eigenvalue weighted by Crippen LogP contribution is 2.42. The van der Waals surface area contributed by atoms with Crippen molar-refractivity contribution in [3.05, 3.63) is 16.8 Å². The minimum atomic E-state index is -0.367. The maximum atomic E-state index is 11.5. The average Bonchev–Trinajstić information content (AvgIpc) is 3.52. The molecule has 7 heteroatoms. The van der Waals surface area contributed by atoms with Crippen LogP contribution in [0.2, 0.25) is 5.15 Å². The van der Waals surface area contributed by atoms with Crippen molar-refractivity contribution < 1.29 is 9.53 Å². The van der Waals surface area contributed by atoms with Crippen LogP contribution >= 0.6 is 11.6 Å². The SMILES string of the molecule is CC.CC.CC(C)(C)OC(=O)N1CCCCC1.Nc1cc(C2CC2)c(Cl)nn1. The molecule has 0 spiro atoms. The second-order valence-corrected chi connectivity index (χ2v) is 7.68. The van der Waals surface area contributed by atoms with Gasteiger partial charge in [-0.1, -0.05) is 39.3 Å². The Kier molecular flexibility index (Phi) is 12.8. The summed E-state index contributed by atoms with van der Waals surface area (Å²) in [7, 11) is 0. The molecular formula is C21H39ClN4O2. The van der Waals surface area contributed by atoms with Gasteiger partial charge in [0.2, 0.25) is 0 Å². The Morgan fingerprint density at radius 1 is 1.11 bits per heavy atom. The van der Waals surface area contributed by atoms with Gasteiger partial charge in [-0.15, -0.1) is 10.2 Å². The maximum Gasteiger partial charge on any atom is 0.410 e. The number of amides is 1. The molecule has 2 aliphatic rings. The standard InChI is InChI=1S/C10H19NO2.C7H8ClN3.2C2H6/c1-10(2,3)13-9(12)11-7-5-4-6-8-11;8-7-5(4-1-2-4)3-6(9)10-11-7;2*1-2/h4-8H2,1-3H3;3-4H,1-2H2,(H2,9,10);2*1-2H3. The molecule has 6 nitrogen and oxygen atoms in total. The number of carbonyl (C=O) groups excluding carboxylic acids is 1. The first-order valence-corrected chi connectivity index (χ1v) is 10.9. The molecule has 0 radical (unpaired) electrons. The number of hydrogen-bond donors (Lipinski definition) is 1. The van der Waals surface area contributed by atoms with E-state index in [-0.39, 0.29) is 11.7 Å². The molecule has 2 heterocycles. The van der Waals surface area contributed by atoms with Crippen molar-refractivity contribution in [1.29, 1.82) is 0 Å². The fourth-order valence-electron chi connectivity index (χ4n) is 2.49. The van der Waals surface area contributed by atoms with Gasteiger partial charge in [0, 0.05) is 13.1 Å². The number of likely N-dealkylation sites (tertiary alicyclic amines) is 1. The van der Waals surface area contributed by atoms with Crippen LogP contribution in [0.15, 0.2) is 6.07 Å². The Bertz CT molecular complexity index is 566. The molecule has 0 atom stereocenters. The van der Waals surface area contributed by atoms with Crippen molar-refractivity contribution in [2.45, 2.75) is 92.1 Å². The number of aromatic nitrogens is 2. The Labute approximate surface area is 176 Å². The van der Waals surface area contributed by atoms with Crippen LogP contribution in [0, 0.1) is 0 Å². The fourth-order valence-corrected chi connectivity index (χ4v) is 2.74. The maximum absolute atomic E-state index is 11.5. The van der Waals surface area contributed by atoms with E-state index >= 15 is 0 Å². The lowest BCUT2D eigenvalue weighted by Crippen LogP contribution is -2.39. The summed E-state index contributed by atoms with van der Waals surface area (Å²) in [6.45, 7) is 15.4. The van der Waals surface area contributed by atoms with Gasteiger partial charge in [-0.05, 0) is 70.4 Å². The molecule has 0 bridgehead atoms. The number of rotatable bonds is 1. The lowest BCUT2D eigenvalue weighted by molar-refractivity contribution is 0.0216. The van der Waals surface area contributed by atoms with Crippen LogP contribution in [-0.2, 0) is 4.74 Å². The van der Waals surface area contributed by atoms with Crippen LogP contribution in [0.1, 0.15) is 92.1 Å². The molecule has 0 unspecified atom stereocenters. The quantitative estimate of drug-likeness (QED) is 0.604. The highest BCUT2D eigenvalue weighted by atomic mass is 35.5. The summed E-state index contributed by atoms with van der Waals surface area (Å²) >= 11 is 5.80. The lowest BCUT2D eigenvalue weighted by atomic mass is 10.1. The molecule has 1 aromatic heterocycles. The van der Waals surface area contributed by atoms with Crippen molar-refractivity contribution in [2.75, 3.05) is 18.8 Å². The summed E-state index contributed by atoms with van der Waals surface area (Å²) < 4.78 is 5.26. The summed E-state index contributed by atoms with van der Waals surface area (Å²) in [5.74, 6) is 1.04. The number of ether oxygens (including phenoxy) is 1. The van der Waals surface area contributed by atoms with E-state index in [9.17, 15) is 4.79 Å². The first kappa shape index (κ1) is 26.4. The number of halogens is 1. The summed E-state index contributed by atoms with van der Waals surface area (Å²) in [6, 6.07) is 1.81. The third-order valence-electron chi connectivity index (χ3n) is 3.82. The van der Waals surface area contributed by atoms with Crippen molar-refractivity contribution in [3.8, 4) is 0 Å². The smallest absolute Gasteiger partial charge is 0.410 e. The molecule has 162 valence electrons. The summed E-state index contributed by atoms with van der Waals surface area (Å²) in [6.07, 6.45) is 5.69. The first-order valence-electron chi connectivity index (χ1n) is 10.5. The second-order valence-electron chi connectivity index (χ2n) is 7.32. The molecular weight excluding hydrogens is 376 g/mol. The van der Waals surface area contributed by atoms with E-state index in [1.165, 1.54) is 19.3 Å². The van der Waals surface area contributed by atoms with Crippen molar-refractivity contribution >= 4 is 23.5 Å². The van der Waals surface area contributed by atoms with Crippen molar-refractivity contribution in [1.82, 2.24) is 15.1 Å². The van der Waals surface area contributed by atoms with E-state index in [0.29, 0.717) is 16.9 Å². The van der Waals surface area contributed by atoms with E-state index in [4.69, 9.17) is 22.1 Å². The highest BCUT2D eigenvalue weighted by Gasteiger charge is 2.26. The largest absolute Gasteiger partial charge is 0.444 e. The van der Waals surface area contributed by atoms with E-state index in [2.05, 4.69) is 10.2 Å². The molecule has 0 aromatic carbocycles. The third-order valence-corrected chi connectivity index (χ3v) is 4.11. The van der Waals surface area contributed by atoms with Gasteiger partial charge in [0.05, 0.1) is 0 Å². The Morgan fingerprint density at radius 2 is 1.64 bits per heavy atom. The molecule has 1 aromatic rings. The van der Waals surface area contributed by atoms with Gasteiger partial charge in [-0.3, -0.25) is 0 Å². The van der Waals surface area contributed by atoms with Gasteiger partial charge in [-0.25, -0.2) is 4.79 Å². The molecule has 3 rings (SSSR count). The van der Waals surface area contributed by atoms with Gasteiger partial charge in [-0.2, -0.15) is 0 Å². The predicted octanol–water partition coefficient (Wildman–Crippen LogP) is 6.05. The molecule has 2 fully saturated rings. The van der Waals surface area contributed by atoms with Crippen LogP contribution in [-0.4, -0.2) is 39.9 Å². The molecule has 2 N–H and O–H groups in total. The minimum Gasteiger partial charge on any atom is -0.444 e. The Morgan fingerprint density at radius 3 is 2.11 bits per heavy atom. The lowest BCUT2D eigenvalue weighted by Gasteiger charge is -2.29. The number of hydrogen-bond acceptors (Lipinski definition) is 5. The van der Waals surface area contributed by atoms with Crippen LogP contribution in [0.5, 0.6) is 0 Å². The first-order chi connectivity index (χ1) is 13.3. The molecule has 28 heavy (non-hydrogen) atoms. The van der Waals surface area contributed by atoms with Gasteiger partial charge >= 0.3 is 6.09 Å². The monoisotopic (exact) mass is 414 g/mol. The number of carbonyl (C=O) groups is 1. The predicted molar refractivity (Wildman–Crippen MR) is 118 cm³/mol. The van der Waals surface area contributed by atoms with E-state index in [1.54, 1.807) is 4.90 Å². The van der Waals surface area contributed by atoms with Crippen LogP contribution < -0.4 is 5.73 Å². The van der Waals surface area contributed by atoms with Crippen molar-refractivity contribution in [2.24, 2.45) is 0 Å². The molecule has 1 amide bonds. The van der Waals surface area contributed by atoms with Gasteiger partial charge in [0.15, 0.2) is 5.15 Å². The Balaban J connectivity index is 0.000000445. The highest BCUT2D eigenvalue weighted by molar-refractivity contribution is 6.30. The van der Waals surface area contributed by atoms with Crippen LogP contribution in [0.25, 0.3) is 0 Å². The third kappa shape index (κ3) is 10.7. The fraction of sp³-hybridized carbons (Fsp3) is 0.762. The van der Waals surface area contributed by atoms with E-state index in [1.807, 2.05) is 54.5 Å². The average molecular weight is 415 g/mol. The van der Waals surface area contributed by atoms with E-state index < -0.39 is 0 Å². The normalized spacial score (nSPS) is 15.6. The number of nitrogens with zero attached hydrogens (tertiary/aromatic N) is 3. The molecule has 1 aliphatic carbocycles. The topological polar surface area (TPSA) is 81.3 Å². The van der Waals surface area contributed by atoms with Gasteiger partial charge < -0.3 is 15.4 Å². The van der Waals surface area contributed by atoms with Crippen molar-refractivity contribution in [3.63, 3.8) is 0 Å². The number of nitrogens with two attached hydrogens (primary N) is 1. The number of nitrogen functional groups attached to an aromatic ring is 1. The number of anilines is 1. The van der Waals surface area contributed by atoms with Crippen LogP contribution in [0.3, 0.4) is 0 Å². The van der Waals surface area contributed by atoms with Gasteiger partial charge in [0.1, 0.15) is 11.4 Å². The molecule has 1 saturated carbocycles. The zero-order valence-electron chi connectivity index (χ0n) is 18.7. The summed E-state index contributed by atoms with van der Waals surface area (Å²) in [5, 5.41) is 7.88. The number of piperidine rings is 1. The zero-order chi connectivity index (χ0) is 21.7. The summed E-state index contributed by atoms with van der Waals surface area (Å²) in [4.78, 5) is 13.3. The molecule has 1 saturated heterocycles. The minimum absolute atomic E-state index is 0.160. The zero-order valence-corrected chi connectivity index (χ0v) is 19.5. The summed E-state index contributed by atoms with van der Waals surface area (Å²) in [5.41, 5.74) is 6.15. The van der Waals surface area contributed by atoms with Crippen LogP contribution in [0.4, 0.5) is 10.6 Å². The van der Waals surface area contributed by atoms with Gasteiger partial charge in [0.25, 0.3) is 0 Å². The molecule has 1 aliphatic heterocycles. The Hall–Kier alpha value is -1.56.